The number of thioether (sulfide) groups is 1. The molecule has 6 heteroatoms. The van der Waals surface area contributed by atoms with Crippen molar-refractivity contribution < 1.29 is 0 Å². The minimum atomic E-state index is 0.180. The summed E-state index contributed by atoms with van der Waals surface area (Å²) in [5, 5.41) is 1.30. The summed E-state index contributed by atoms with van der Waals surface area (Å²) in [5.74, 6) is 0. The van der Waals surface area contributed by atoms with Crippen molar-refractivity contribution >= 4 is 57.9 Å². The van der Waals surface area contributed by atoms with Crippen LogP contribution in [0.2, 0.25) is 14.4 Å². The predicted molar refractivity (Wildman–Crippen MR) is 83.4 cm³/mol. The van der Waals surface area contributed by atoms with E-state index in [1.54, 1.807) is 29.2 Å². The molecule has 0 saturated carbocycles. The molecule has 1 aromatic carbocycles. The Balaban J connectivity index is 2.17. The van der Waals surface area contributed by atoms with Crippen LogP contribution in [0.4, 0.5) is 0 Å². The maximum Gasteiger partial charge on any atom is 0.0931 e. The Labute approximate surface area is 129 Å². The van der Waals surface area contributed by atoms with Crippen LogP contribution in [-0.4, -0.2) is 6.54 Å². The Morgan fingerprint density at radius 1 is 1.11 bits per heavy atom. The minimum Gasteiger partial charge on any atom is -0.329 e. The summed E-state index contributed by atoms with van der Waals surface area (Å²) in [7, 11) is 0. The first-order valence-electron chi connectivity index (χ1n) is 5.17. The summed E-state index contributed by atoms with van der Waals surface area (Å²) >= 11 is 21.0. The smallest absolute Gasteiger partial charge is 0.0931 e. The minimum absolute atomic E-state index is 0.180. The van der Waals surface area contributed by atoms with Gasteiger partial charge in [-0.3, -0.25) is 0 Å². The van der Waals surface area contributed by atoms with E-state index in [1.165, 1.54) is 4.88 Å². The average Bonchev–Trinajstić information content (AvgIpc) is 2.77. The zero-order valence-electron chi connectivity index (χ0n) is 9.20. The largest absolute Gasteiger partial charge is 0.329 e. The van der Waals surface area contributed by atoms with Crippen LogP contribution in [0.5, 0.6) is 0 Å². The van der Waals surface area contributed by atoms with Crippen LogP contribution < -0.4 is 5.73 Å². The molecule has 1 nitrogen and oxygen atoms in total. The van der Waals surface area contributed by atoms with Crippen molar-refractivity contribution in [1.29, 1.82) is 0 Å². The van der Waals surface area contributed by atoms with Crippen molar-refractivity contribution in [1.82, 2.24) is 0 Å². The quantitative estimate of drug-likeness (QED) is 0.745. The number of benzene rings is 1. The topological polar surface area (TPSA) is 26.0 Å². The molecule has 2 rings (SSSR count). The number of thiophene rings is 1. The van der Waals surface area contributed by atoms with Gasteiger partial charge in [-0.2, -0.15) is 0 Å². The lowest BCUT2D eigenvalue weighted by Crippen LogP contribution is -2.07. The fourth-order valence-corrected chi connectivity index (χ4v) is 4.10. The molecule has 1 aromatic heterocycles. The maximum absolute atomic E-state index is 6.00. The summed E-state index contributed by atoms with van der Waals surface area (Å²) in [4.78, 5) is 2.21. The van der Waals surface area contributed by atoms with Gasteiger partial charge < -0.3 is 5.73 Å². The van der Waals surface area contributed by atoms with Gasteiger partial charge in [0.15, 0.2) is 0 Å². The Morgan fingerprint density at radius 3 is 2.44 bits per heavy atom. The van der Waals surface area contributed by atoms with Gasteiger partial charge in [0.2, 0.25) is 0 Å². The van der Waals surface area contributed by atoms with Gasteiger partial charge in [-0.15, -0.1) is 23.1 Å². The van der Waals surface area contributed by atoms with E-state index in [0.29, 0.717) is 16.6 Å². The molecule has 0 saturated heterocycles. The fraction of sp³-hybridized carbons (Fsp3) is 0.167. The molecular formula is C12H10Cl3NS2. The maximum atomic E-state index is 6.00. The second-order valence-corrected chi connectivity index (χ2v) is 7.40. The van der Waals surface area contributed by atoms with E-state index in [1.807, 2.05) is 24.3 Å². The van der Waals surface area contributed by atoms with E-state index in [4.69, 9.17) is 40.5 Å². The number of rotatable bonds is 4. The predicted octanol–water partition coefficient (Wildman–Crippen LogP) is 5.50. The Bertz CT molecular complexity index is 542. The standard InChI is InChI=1S/C12H10Cl3NS2/c13-8-2-1-7(5-9(8)14)17-11(6-16)10-3-4-12(15)18-10/h1-5,11H,6,16H2. The van der Waals surface area contributed by atoms with Crippen LogP contribution in [0.1, 0.15) is 10.1 Å². The molecule has 0 fully saturated rings. The van der Waals surface area contributed by atoms with E-state index in [2.05, 4.69) is 0 Å². The second-order valence-electron chi connectivity index (χ2n) is 3.56. The van der Waals surface area contributed by atoms with Crippen molar-refractivity contribution in [2.24, 2.45) is 5.73 Å². The van der Waals surface area contributed by atoms with Gasteiger partial charge in [0.05, 0.1) is 19.6 Å². The number of hydrogen-bond donors (Lipinski definition) is 1. The molecule has 1 heterocycles. The van der Waals surface area contributed by atoms with Crippen LogP contribution in [0, 0.1) is 0 Å². The molecule has 0 radical (unpaired) electrons. The van der Waals surface area contributed by atoms with Gasteiger partial charge in [-0.1, -0.05) is 34.8 Å². The highest BCUT2D eigenvalue weighted by molar-refractivity contribution is 7.99. The van der Waals surface area contributed by atoms with Gasteiger partial charge in [0, 0.05) is 16.3 Å². The SMILES string of the molecule is NCC(Sc1ccc(Cl)c(Cl)c1)c1ccc(Cl)s1. The highest BCUT2D eigenvalue weighted by atomic mass is 35.5. The molecule has 18 heavy (non-hydrogen) atoms. The Kier molecular flexibility index (Phi) is 5.24. The summed E-state index contributed by atoms with van der Waals surface area (Å²) < 4.78 is 0.776. The summed E-state index contributed by atoms with van der Waals surface area (Å²) in [6, 6.07) is 9.49. The zero-order chi connectivity index (χ0) is 13.1. The number of nitrogens with two attached hydrogens (primary N) is 1. The highest BCUT2D eigenvalue weighted by Crippen LogP contribution is 2.40. The molecule has 96 valence electrons. The first-order chi connectivity index (χ1) is 8.60. The van der Waals surface area contributed by atoms with Crippen LogP contribution in [0.15, 0.2) is 35.2 Å². The third-order valence-corrected chi connectivity index (χ3v) is 5.78. The van der Waals surface area contributed by atoms with Crippen molar-refractivity contribution in [3.8, 4) is 0 Å². The first-order valence-corrected chi connectivity index (χ1v) is 8.00. The number of halogens is 3. The van der Waals surface area contributed by atoms with Gasteiger partial charge in [0.1, 0.15) is 0 Å². The van der Waals surface area contributed by atoms with E-state index in [-0.39, 0.29) is 5.25 Å². The number of hydrogen-bond acceptors (Lipinski definition) is 3. The first kappa shape index (κ1) is 14.5. The zero-order valence-corrected chi connectivity index (χ0v) is 13.1. The molecule has 0 spiro atoms. The third-order valence-electron chi connectivity index (χ3n) is 2.29. The average molecular weight is 339 g/mol. The van der Waals surface area contributed by atoms with Crippen LogP contribution in [0.25, 0.3) is 0 Å². The Hall–Kier alpha value is 0.1000. The van der Waals surface area contributed by atoms with Crippen molar-refractivity contribution in [2.45, 2.75) is 10.1 Å². The van der Waals surface area contributed by atoms with E-state index in [9.17, 15) is 0 Å². The molecule has 0 amide bonds. The summed E-state index contributed by atoms with van der Waals surface area (Å²) in [6.07, 6.45) is 0. The van der Waals surface area contributed by atoms with Crippen LogP contribution in [-0.2, 0) is 0 Å². The van der Waals surface area contributed by atoms with Gasteiger partial charge in [-0.05, 0) is 30.3 Å². The van der Waals surface area contributed by atoms with Crippen molar-refractivity contribution in [3.63, 3.8) is 0 Å². The van der Waals surface area contributed by atoms with E-state index < -0.39 is 0 Å². The molecule has 0 aliphatic carbocycles. The fourth-order valence-electron chi connectivity index (χ4n) is 1.44. The van der Waals surface area contributed by atoms with Gasteiger partial charge in [-0.25, -0.2) is 0 Å². The lowest BCUT2D eigenvalue weighted by atomic mass is 10.3. The summed E-state index contributed by atoms with van der Waals surface area (Å²) in [5.41, 5.74) is 5.81. The molecule has 1 atom stereocenters. The Morgan fingerprint density at radius 2 is 1.89 bits per heavy atom. The van der Waals surface area contributed by atoms with Gasteiger partial charge in [0.25, 0.3) is 0 Å². The third kappa shape index (κ3) is 3.56. The molecular weight excluding hydrogens is 329 g/mol. The molecule has 2 aromatic rings. The molecule has 0 bridgehead atoms. The highest BCUT2D eigenvalue weighted by Gasteiger charge is 2.14. The van der Waals surface area contributed by atoms with Crippen molar-refractivity contribution in [3.05, 3.63) is 49.6 Å². The van der Waals surface area contributed by atoms with E-state index in [0.717, 1.165) is 9.23 Å². The van der Waals surface area contributed by atoms with E-state index >= 15 is 0 Å². The molecule has 2 N–H and O–H groups in total. The summed E-state index contributed by atoms with van der Waals surface area (Å²) in [6.45, 7) is 0.543. The normalized spacial score (nSPS) is 12.7. The molecule has 0 aliphatic rings. The van der Waals surface area contributed by atoms with Gasteiger partial charge >= 0.3 is 0 Å². The second kappa shape index (κ2) is 6.51. The van der Waals surface area contributed by atoms with Crippen LogP contribution in [0.3, 0.4) is 0 Å². The molecule has 1 unspecified atom stereocenters. The van der Waals surface area contributed by atoms with Crippen LogP contribution >= 0.6 is 57.9 Å². The van der Waals surface area contributed by atoms with Crippen molar-refractivity contribution in [2.75, 3.05) is 6.54 Å². The molecule has 0 aliphatic heterocycles. The monoisotopic (exact) mass is 337 g/mol. The lowest BCUT2D eigenvalue weighted by Gasteiger charge is -2.12. The lowest BCUT2D eigenvalue weighted by molar-refractivity contribution is 0.960.